The molecule has 0 aliphatic carbocycles. The number of hydrogen-bond acceptors (Lipinski definition) is 4. The van der Waals surface area contributed by atoms with E-state index < -0.39 is 0 Å². The monoisotopic (exact) mass is 140 g/mol. The van der Waals surface area contributed by atoms with Crippen LogP contribution in [-0.4, -0.2) is 0 Å². The molecule has 0 aliphatic heterocycles. The van der Waals surface area contributed by atoms with Gasteiger partial charge in [0.15, 0.2) is 0 Å². The van der Waals surface area contributed by atoms with Gasteiger partial charge in [-0.1, -0.05) is 0 Å². The van der Waals surface area contributed by atoms with Gasteiger partial charge >= 0.3 is 0 Å². The molecule has 0 saturated heterocycles. The van der Waals surface area contributed by atoms with E-state index in [4.69, 9.17) is 10.5 Å². The van der Waals surface area contributed by atoms with E-state index >= 15 is 0 Å². The lowest BCUT2D eigenvalue weighted by Crippen LogP contribution is -1.76. The van der Waals surface area contributed by atoms with Crippen LogP contribution in [0.3, 0.4) is 0 Å². The molecule has 0 rings (SSSR count). The van der Waals surface area contributed by atoms with Crippen LogP contribution in [0.15, 0.2) is 9.81 Å². The van der Waals surface area contributed by atoms with Crippen LogP contribution < -0.4 is 0 Å². The highest BCUT2D eigenvalue weighted by Crippen LogP contribution is 1.95. The van der Waals surface area contributed by atoms with E-state index in [2.05, 4.69) is 25.3 Å². The maximum absolute atomic E-state index is 8.03. The van der Waals surface area contributed by atoms with Gasteiger partial charge in [0.05, 0.1) is 5.57 Å². The third kappa shape index (κ3) is 1.74. The lowest BCUT2D eigenvalue weighted by molar-refractivity contribution is 1.47. The van der Waals surface area contributed by atoms with Gasteiger partial charge < -0.3 is 29.5 Å². The Labute approximate surface area is 58.2 Å². The standard InChI is InChI=1S/C4H2N2S2/c5-1-3(2-6)4(7)8/h7-8H/p-2. The SMILES string of the molecule is N#CC(C#N)=C([S-])[S-]. The zero-order chi connectivity index (χ0) is 6.57. The molecule has 0 aromatic rings. The number of nitrogens with zero attached hydrogens (tertiary/aromatic N) is 2. The van der Waals surface area contributed by atoms with Crippen molar-refractivity contribution in [1.29, 1.82) is 10.5 Å². The molecule has 0 spiro atoms. The summed E-state index contributed by atoms with van der Waals surface area (Å²) in [6, 6.07) is 3.12. The molecular formula is C4N2S2-2. The van der Waals surface area contributed by atoms with Crippen molar-refractivity contribution >= 4 is 25.3 Å². The molecule has 0 aromatic heterocycles. The van der Waals surface area contributed by atoms with Gasteiger partial charge in [0.2, 0.25) is 0 Å². The van der Waals surface area contributed by atoms with Crippen molar-refractivity contribution in [2.45, 2.75) is 0 Å². The molecule has 0 bridgehead atoms. The molecule has 0 heterocycles. The van der Waals surface area contributed by atoms with Crippen LogP contribution in [0.25, 0.3) is 0 Å². The van der Waals surface area contributed by atoms with Crippen molar-refractivity contribution in [2.75, 3.05) is 0 Å². The summed E-state index contributed by atoms with van der Waals surface area (Å²) in [4.78, 5) is 0. The Balaban J connectivity index is 4.47. The molecule has 4 heteroatoms. The Hall–Kier alpha value is -0.840. The van der Waals surface area contributed by atoms with Crippen LogP contribution in [0.1, 0.15) is 0 Å². The summed E-state index contributed by atoms with van der Waals surface area (Å²) in [7, 11) is 0. The topological polar surface area (TPSA) is 47.6 Å². The fraction of sp³-hybridized carbons (Fsp3) is 0. The summed E-state index contributed by atoms with van der Waals surface area (Å²) >= 11 is 8.70. The fourth-order valence-corrected chi connectivity index (χ4v) is 0.299. The third-order valence-electron chi connectivity index (χ3n) is 0.428. The van der Waals surface area contributed by atoms with Gasteiger partial charge in [0.25, 0.3) is 0 Å². The van der Waals surface area contributed by atoms with Crippen molar-refractivity contribution < 1.29 is 0 Å². The summed E-state index contributed by atoms with van der Waals surface area (Å²) in [6.45, 7) is 0. The van der Waals surface area contributed by atoms with Crippen LogP contribution in [0.5, 0.6) is 0 Å². The van der Waals surface area contributed by atoms with Crippen LogP contribution in [0.4, 0.5) is 0 Å². The minimum atomic E-state index is -0.157. The minimum absolute atomic E-state index is 0.0602. The summed E-state index contributed by atoms with van der Waals surface area (Å²) in [5.41, 5.74) is -0.157. The molecule has 0 aromatic carbocycles. The zero-order valence-electron chi connectivity index (χ0n) is 3.71. The average molecular weight is 140 g/mol. The molecule has 0 saturated carbocycles. The Bertz CT molecular complexity index is 173. The van der Waals surface area contributed by atoms with Gasteiger partial charge in [-0.2, -0.15) is 10.5 Å². The first-order valence-electron chi connectivity index (χ1n) is 1.61. The summed E-state index contributed by atoms with van der Waals surface area (Å²) in [5, 5.41) is 16.1. The quantitative estimate of drug-likeness (QED) is 0.359. The van der Waals surface area contributed by atoms with Gasteiger partial charge in [-0.25, -0.2) is 0 Å². The summed E-state index contributed by atoms with van der Waals surface area (Å²) in [6.07, 6.45) is 0. The van der Waals surface area contributed by atoms with Crippen molar-refractivity contribution in [3.8, 4) is 12.1 Å². The van der Waals surface area contributed by atoms with Gasteiger partial charge in [-0.3, -0.25) is 0 Å². The van der Waals surface area contributed by atoms with Crippen LogP contribution in [0.2, 0.25) is 0 Å². The average Bonchev–Trinajstić information content (AvgIpc) is 1.69. The summed E-state index contributed by atoms with van der Waals surface area (Å²) in [5.74, 6) is 0. The Morgan fingerprint density at radius 2 is 1.50 bits per heavy atom. The number of hydrogen-bond donors (Lipinski definition) is 0. The molecule has 0 fully saturated rings. The molecular weight excluding hydrogens is 140 g/mol. The van der Waals surface area contributed by atoms with Crippen LogP contribution >= 0.6 is 0 Å². The molecule has 40 valence electrons. The summed E-state index contributed by atoms with van der Waals surface area (Å²) < 4.78 is -0.0602. The maximum atomic E-state index is 8.03. The van der Waals surface area contributed by atoms with Crippen LogP contribution in [0, 0.1) is 22.7 Å². The highest BCUT2D eigenvalue weighted by atomic mass is 32.2. The predicted octanol–water partition coefficient (Wildman–Crippen LogP) is 0.339. The zero-order valence-corrected chi connectivity index (χ0v) is 5.34. The Morgan fingerprint density at radius 1 is 1.12 bits per heavy atom. The molecule has 8 heavy (non-hydrogen) atoms. The van der Waals surface area contributed by atoms with E-state index in [0.29, 0.717) is 0 Å². The molecule has 0 unspecified atom stereocenters. The molecule has 0 radical (unpaired) electrons. The van der Waals surface area contributed by atoms with Crippen molar-refractivity contribution in [3.05, 3.63) is 9.81 Å². The van der Waals surface area contributed by atoms with E-state index in [1.165, 1.54) is 0 Å². The number of nitriles is 2. The minimum Gasteiger partial charge on any atom is -0.805 e. The normalized spacial score (nSPS) is 6.25. The molecule has 0 N–H and O–H groups in total. The highest BCUT2D eigenvalue weighted by Gasteiger charge is 1.79. The van der Waals surface area contributed by atoms with Gasteiger partial charge in [-0.05, 0) is 0 Å². The lowest BCUT2D eigenvalue weighted by atomic mass is 10.4. The molecule has 2 nitrogen and oxygen atoms in total. The fourth-order valence-electron chi connectivity index (χ4n) is 0.116. The van der Waals surface area contributed by atoms with Gasteiger partial charge in [-0.15, -0.1) is 0 Å². The third-order valence-corrected chi connectivity index (χ3v) is 0.836. The van der Waals surface area contributed by atoms with Gasteiger partial charge in [0.1, 0.15) is 12.1 Å². The maximum Gasteiger partial charge on any atom is 0.107 e. The second-order valence-electron chi connectivity index (χ2n) is 0.886. The first kappa shape index (κ1) is 7.16. The molecule has 0 atom stereocenters. The van der Waals surface area contributed by atoms with Crippen molar-refractivity contribution in [3.63, 3.8) is 0 Å². The second kappa shape index (κ2) is 3.20. The van der Waals surface area contributed by atoms with E-state index in [1.54, 1.807) is 12.1 Å². The van der Waals surface area contributed by atoms with Crippen molar-refractivity contribution in [1.82, 2.24) is 0 Å². The molecule has 0 amide bonds. The lowest BCUT2D eigenvalue weighted by Gasteiger charge is -2.16. The highest BCUT2D eigenvalue weighted by molar-refractivity contribution is 7.84. The first-order chi connectivity index (χ1) is 3.72. The van der Waals surface area contributed by atoms with Crippen LogP contribution in [-0.2, 0) is 25.3 Å². The Morgan fingerprint density at radius 3 is 1.50 bits per heavy atom. The smallest absolute Gasteiger partial charge is 0.107 e. The second-order valence-corrected chi connectivity index (χ2v) is 1.96. The van der Waals surface area contributed by atoms with Crippen molar-refractivity contribution in [2.24, 2.45) is 0 Å². The predicted molar refractivity (Wildman–Crippen MR) is 33.0 cm³/mol. The molecule has 0 aliphatic rings. The largest absolute Gasteiger partial charge is 0.805 e. The van der Waals surface area contributed by atoms with E-state index in [-0.39, 0.29) is 9.81 Å². The van der Waals surface area contributed by atoms with Gasteiger partial charge in [0, 0.05) is 0 Å². The Kier molecular flexibility index (Phi) is 2.86. The van der Waals surface area contributed by atoms with E-state index in [1.807, 2.05) is 0 Å². The first-order valence-corrected chi connectivity index (χ1v) is 2.42. The number of allylic oxidation sites excluding steroid dienone is 1. The van der Waals surface area contributed by atoms with E-state index in [0.717, 1.165) is 0 Å². The number of rotatable bonds is 0. The van der Waals surface area contributed by atoms with E-state index in [9.17, 15) is 0 Å².